The molecule has 0 aliphatic carbocycles. The van der Waals surface area contributed by atoms with E-state index in [1.54, 1.807) is 24.3 Å². The molecule has 3 N–H and O–H groups in total. The van der Waals surface area contributed by atoms with E-state index in [0.717, 1.165) is 25.9 Å². The molecule has 1 aromatic carbocycles. The number of carboxylic acid groups (broad SMARTS) is 1. The average molecular weight is 304 g/mol. The Morgan fingerprint density at radius 1 is 1.27 bits per heavy atom. The van der Waals surface area contributed by atoms with Crippen molar-refractivity contribution in [2.45, 2.75) is 32.2 Å². The lowest BCUT2D eigenvalue weighted by Crippen LogP contribution is -2.36. The third-order valence-corrected chi connectivity index (χ3v) is 4.38. The van der Waals surface area contributed by atoms with Crippen LogP contribution in [-0.2, 0) is 9.59 Å². The fraction of sp³-hybridized carbons (Fsp3) is 0.529. The van der Waals surface area contributed by atoms with Crippen molar-refractivity contribution in [1.82, 2.24) is 10.6 Å². The molecule has 1 heterocycles. The van der Waals surface area contributed by atoms with Gasteiger partial charge in [0.25, 0.3) is 0 Å². The normalized spacial score (nSPS) is 18.4. The number of carbonyl (C=O) groups is 2. The molecular weight excluding hydrogens is 280 g/mol. The van der Waals surface area contributed by atoms with Crippen molar-refractivity contribution < 1.29 is 14.7 Å². The van der Waals surface area contributed by atoms with Gasteiger partial charge in [-0.2, -0.15) is 0 Å². The molecule has 0 spiro atoms. The lowest BCUT2D eigenvalue weighted by atomic mass is 9.84. The molecule has 1 amide bonds. The maximum atomic E-state index is 12.2. The fourth-order valence-corrected chi connectivity index (χ4v) is 3.03. The van der Waals surface area contributed by atoms with Gasteiger partial charge in [-0.1, -0.05) is 37.3 Å². The zero-order valence-corrected chi connectivity index (χ0v) is 12.9. The minimum Gasteiger partial charge on any atom is -0.479 e. The Morgan fingerprint density at radius 2 is 1.91 bits per heavy atom. The summed E-state index contributed by atoms with van der Waals surface area (Å²) < 4.78 is 0. The van der Waals surface area contributed by atoms with E-state index in [0.29, 0.717) is 17.9 Å². The van der Waals surface area contributed by atoms with Gasteiger partial charge in [0.2, 0.25) is 5.91 Å². The first kappa shape index (κ1) is 16.5. The topological polar surface area (TPSA) is 78.4 Å². The highest BCUT2D eigenvalue weighted by Crippen LogP contribution is 2.24. The summed E-state index contributed by atoms with van der Waals surface area (Å²) in [5, 5.41) is 15.3. The predicted octanol–water partition coefficient (Wildman–Crippen LogP) is 1.95. The van der Waals surface area contributed by atoms with Crippen molar-refractivity contribution in [2.75, 3.05) is 13.1 Å². The van der Waals surface area contributed by atoms with Gasteiger partial charge in [0.15, 0.2) is 6.04 Å². The molecular formula is C17H24N2O3. The van der Waals surface area contributed by atoms with Gasteiger partial charge in [0, 0.05) is 6.42 Å². The average Bonchev–Trinajstić information content (AvgIpc) is 2.54. The van der Waals surface area contributed by atoms with Crippen LogP contribution < -0.4 is 10.6 Å². The summed E-state index contributed by atoms with van der Waals surface area (Å²) in [6.45, 7) is 4.07. The summed E-state index contributed by atoms with van der Waals surface area (Å²) >= 11 is 0. The molecule has 1 aliphatic rings. The van der Waals surface area contributed by atoms with Crippen LogP contribution in [0.1, 0.15) is 37.8 Å². The first-order chi connectivity index (χ1) is 10.6. The third kappa shape index (κ3) is 4.56. The molecule has 0 radical (unpaired) electrons. The third-order valence-electron chi connectivity index (χ3n) is 4.38. The fourth-order valence-electron chi connectivity index (χ4n) is 3.03. The van der Waals surface area contributed by atoms with Gasteiger partial charge in [-0.05, 0) is 43.3 Å². The van der Waals surface area contributed by atoms with Gasteiger partial charge in [0.05, 0.1) is 0 Å². The quantitative estimate of drug-likeness (QED) is 0.750. The minimum absolute atomic E-state index is 0.192. The molecule has 0 saturated carbocycles. The monoisotopic (exact) mass is 304 g/mol. The number of carbonyl (C=O) groups excluding carboxylic acids is 1. The van der Waals surface area contributed by atoms with Crippen molar-refractivity contribution in [3.05, 3.63) is 35.9 Å². The number of hydrogen-bond donors (Lipinski definition) is 3. The molecule has 120 valence electrons. The Morgan fingerprint density at radius 3 is 2.50 bits per heavy atom. The SMILES string of the molecule is CC(CC(=O)N[C@H](C(=O)O)c1ccccc1)C1CCNCC1. The van der Waals surface area contributed by atoms with Crippen LogP contribution in [0, 0.1) is 11.8 Å². The number of benzene rings is 1. The smallest absolute Gasteiger partial charge is 0.330 e. The molecule has 1 unspecified atom stereocenters. The maximum Gasteiger partial charge on any atom is 0.330 e. The van der Waals surface area contributed by atoms with Crippen LogP contribution >= 0.6 is 0 Å². The van der Waals surface area contributed by atoms with E-state index in [4.69, 9.17) is 0 Å². The Labute approximate surface area is 131 Å². The molecule has 1 aliphatic heterocycles. The molecule has 2 atom stereocenters. The van der Waals surface area contributed by atoms with Crippen molar-refractivity contribution in [1.29, 1.82) is 0 Å². The van der Waals surface area contributed by atoms with Crippen LogP contribution in [0.3, 0.4) is 0 Å². The molecule has 5 nitrogen and oxygen atoms in total. The van der Waals surface area contributed by atoms with Gasteiger partial charge >= 0.3 is 5.97 Å². The standard InChI is InChI=1S/C17H24N2O3/c1-12(13-7-9-18-10-8-13)11-15(20)19-16(17(21)22)14-5-3-2-4-6-14/h2-6,12-13,16,18H,7-11H2,1H3,(H,19,20)(H,21,22)/t12?,16-/m0/s1. The Bertz CT molecular complexity index is 498. The van der Waals surface area contributed by atoms with E-state index >= 15 is 0 Å². The van der Waals surface area contributed by atoms with E-state index in [1.807, 2.05) is 6.07 Å². The van der Waals surface area contributed by atoms with Crippen LogP contribution in [-0.4, -0.2) is 30.1 Å². The van der Waals surface area contributed by atoms with Gasteiger partial charge in [-0.3, -0.25) is 4.79 Å². The van der Waals surface area contributed by atoms with Crippen molar-refractivity contribution in [3.63, 3.8) is 0 Å². The number of amides is 1. The second kappa shape index (κ2) is 7.94. The summed E-state index contributed by atoms with van der Waals surface area (Å²) in [6.07, 6.45) is 2.53. The molecule has 1 aromatic rings. The molecule has 22 heavy (non-hydrogen) atoms. The summed E-state index contributed by atoms with van der Waals surface area (Å²) in [5.74, 6) is -0.421. The van der Waals surface area contributed by atoms with Crippen molar-refractivity contribution >= 4 is 11.9 Å². The van der Waals surface area contributed by atoms with Crippen LogP contribution in [0.5, 0.6) is 0 Å². The largest absolute Gasteiger partial charge is 0.479 e. The highest BCUT2D eigenvalue weighted by Gasteiger charge is 2.25. The van der Waals surface area contributed by atoms with E-state index < -0.39 is 12.0 Å². The van der Waals surface area contributed by atoms with Crippen LogP contribution in [0.4, 0.5) is 0 Å². The Balaban J connectivity index is 1.92. The molecule has 1 saturated heterocycles. The van der Waals surface area contributed by atoms with Crippen LogP contribution in [0.2, 0.25) is 0 Å². The number of aliphatic carboxylic acids is 1. The predicted molar refractivity (Wildman–Crippen MR) is 84.3 cm³/mol. The number of carboxylic acids is 1. The summed E-state index contributed by atoms with van der Waals surface area (Å²) in [7, 11) is 0. The Kier molecular flexibility index (Phi) is 5.95. The zero-order valence-electron chi connectivity index (χ0n) is 12.9. The van der Waals surface area contributed by atoms with Crippen molar-refractivity contribution in [3.8, 4) is 0 Å². The summed E-state index contributed by atoms with van der Waals surface area (Å²) in [4.78, 5) is 23.6. The number of nitrogens with one attached hydrogen (secondary N) is 2. The summed E-state index contributed by atoms with van der Waals surface area (Å²) in [5.41, 5.74) is 0.595. The number of piperidine rings is 1. The minimum atomic E-state index is -1.03. The van der Waals surface area contributed by atoms with Gasteiger partial charge in [0.1, 0.15) is 0 Å². The van der Waals surface area contributed by atoms with E-state index in [2.05, 4.69) is 17.6 Å². The van der Waals surface area contributed by atoms with Crippen LogP contribution in [0.25, 0.3) is 0 Å². The van der Waals surface area contributed by atoms with Gasteiger partial charge < -0.3 is 15.7 Å². The Hall–Kier alpha value is -1.88. The second-order valence-corrected chi connectivity index (χ2v) is 6.02. The first-order valence-electron chi connectivity index (χ1n) is 7.85. The lowest BCUT2D eigenvalue weighted by molar-refractivity contribution is -0.142. The van der Waals surface area contributed by atoms with Crippen LogP contribution in [0.15, 0.2) is 30.3 Å². The highest BCUT2D eigenvalue weighted by atomic mass is 16.4. The molecule has 0 bridgehead atoms. The second-order valence-electron chi connectivity index (χ2n) is 6.02. The van der Waals surface area contributed by atoms with E-state index in [1.165, 1.54) is 0 Å². The first-order valence-corrected chi connectivity index (χ1v) is 7.85. The number of rotatable bonds is 6. The van der Waals surface area contributed by atoms with E-state index in [-0.39, 0.29) is 11.8 Å². The molecule has 0 aromatic heterocycles. The molecule has 2 rings (SSSR count). The number of hydrogen-bond acceptors (Lipinski definition) is 3. The maximum absolute atomic E-state index is 12.2. The van der Waals surface area contributed by atoms with Gasteiger partial charge in [-0.25, -0.2) is 4.79 Å². The van der Waals surface area contributed by atoms with Crippen molar-refractivity contribution in [2.24, 2.45) is 11.8 Å². The zero-order chi connectivity index (χ0) is 15.9. The lowest BCUT2D eigenvalue weighted by Gasteiger charge is -2.28. The van der Waals surface area contributed by atoms with Gasteiger partial charge in [-0.15, -0.1) is 0 Å². The molecule has 5 heteroatoms. The van der Waals surface area contributed by atoms with E-state index in [9.17, 15) is 14.7 Å². The highest BCUT2D eigenvalue weighted by molar-refractivity contribution is 5.84. The molecule has 1 fully saturated rings. The summed E-state index contributed by atoms with van der Waals surface area (Å²) in [6, 6.07) is 7.83.